The minimum Gasteiger partial charge on any atom is -0.496 e. The summed E-state index contributed by atoms with van der Waals surface area (Å²) in [4.78, 5) is 34.9. The van der Waals surface area contributed by atoms with Crippen molar-refractivity contribution in [2.75, 3.05) is 64.8 Å². The predicted molar refractivity (Wildman–Crippen MR) is 194 cm³/mol. The van der Waals surface area contributed by atoms with Crippen molar-refractivity contribution in [3.63, 3.8) is 0 Å². The van der Waals surface area contributed by atoms with E-state index in [1.165, 1.54) is 12.8 Å². The average Bonchev–Trinajstić information content (AvgIpc) is 3.27. The molecule has 0 atom stereocenters. The van der Waals surface area contributed by atoms with Crippen LogP contribution in [0.2, 0.25) is 5.02 Å². The molecule has 0 bridgehead atoms. The molecule has 250 valence electrons. The third-order valence-electron chi connectivity index (χ3n) is 8.99. The number of carbonyl (C=O) groups excluding carboxylic acids is 1. The lowest BCUT2D eigenvalue weighted by molar-refractivity contribution is 0.0623. The molecule has 3 heterocycles. The second-order valence-corrected chi connectivity index (χ2v) is 12.7. The number of aromatic nitrogens is 2. The van der Waals surface area contributed by atoms with Crippen molar-refractivity contribution < 1.29 is 9.53 Å². The highest BCUT2D eigenvalue weighted by molar-refractivity contribution is 6.31. The lowest BCUT2D eigenvalue weighted by Gasteiger charge is -2.36. The van der Waals surface area contributed by atoms with Crippen molar-refractivity contribution in [2.24, 2.45) is 4.99 Å². The summed E-state index contributed by atoms with van der Waals surface area (Å²) in [6, 6.07) is 21.2. The monoisotopic (exact) mass is 665 g/mol. The molecule has 0 radical (unpaired) electrons. The molecule has 9 nitrogen and oxygen atoms in total. The van der Waals surface area contributed by atoms with Gasteiger partial charge in [-0.3, -0.25) is 14.7 Å². The lowest BCUT2D eigenvalue weighted by atomic mass is 9.95. The van der Waals surface area contributed by atoms with Gasteiger partial charge in [0.25, 0.3) is 5.91 Å². The van der Waals surface area contributed by atoms with Gasteiger partial charge in [0.1, 0.15) is 5.75 Å². The third-order valence-corrected chi connectivity index (χ3v) is 9.22. The number of aliphatic imine (C=N–C) groups is 1. The number of anilines is 2. The van der Waals surface area contributed by atoms with Gasteiger partial charge in [0, 0.05) is 84.0 Å². The van der Waals surface area contributed by atoms with Crippen LogP contribution in [-0.2, 0) is 6.54 Å². The fourth-order valence-electron chi connectivity index (χ4n) is 6.49. The highest BCUT2D eigenvalue weighted by atomic mass is 35.5. The Bertz CT molecular complexity index is 1750. The first-order chi connectivity index (χ1) is 23.5. The Morgan fingerprint density at radius 1 is 0.917 bits per heavy atom. The Morgan fingerprint density at radius 3 is 2.40 bits per heavy atom. The topological polar surface area (TPSA) is 86.2 Å². The molecular weight excluding hydrogens is 622 g/mol. The molecule has 2 aliphatic rings. The number of piperazine rings is 1. The van der Waals surface area contributed by atoms with E-state index in [1.807, 2.05) is 77.8 Å². The molecule has 0 spiro atoms. The van der Waals surface area contributed by atoms with Crippen LogP contribution >= 0.6 is 11.6 Å². The van der Waals surface area contributed by atoms with Gasteiger partial charge >= 0.3 is 0 Å². The SMILES string of the molecule is CCCN(CCC)CCN1CCN(C(=O)c2ccc(Nc3ncc4c(n3)-c3ccc(Cl)cc3C(c3ccccc3OC)=NC4)cc2)CC1. The smallest absolute Gasteiger partial charge is 0.253 e. The largest absolute Gasteiger partial charge is 0.496 e. The summed E-state index contributed by atoms with van der Waals surface area (Å²) in [7, 11) is 1.66. The Hall–Kier alpha value is -4.31. The van der Waals surface area contributed by atoms with Crippen LogP contribution in [-0.4, -0.2) is 95.8 Å². The van der Waals surface area contributed by atoms with Crippen LogP contribution in [0.25, 0.3) is 11.3 Å². The molecular formula is C38H44ClN7O2. The van der Waals surface area contributed by atoms with Gasteiger partial charge in [0.2, 0.25) is 5.95 Å². The maximum Gasteiger partial charge on any atom is 0.253 e. The summed E-state index contributed by atoms with van der Waals surface area (Å²) in [5, 5.41) is 3.94. The normalized spacial score (nSPS) is 14.6. The number of methoxy groups -OCH3 is 1. The van der Waals surface area contributed by atoms with Crippen LogP contribution in [0, 0.1) is 0 Å². The number of amides is 1. The standard InChI is InChI=1S/C38H44ClN7O2/c1-4-16-44(17-5-2)18-19-45-20-22-46(23-21-45)37(47)27-10-13-30(14-11-27)42-38-41-26-28-25-40-36(32-8-6-7-9-34(32)48-3)33-24-29(39)12-15-31(33)35(28)43-38/h6-15,24,26H,4-5,16-23,25H2,1-3H3,(H,41,42,43). The molecule has 0 aliphatic carbocycles. The van der Waals surface area contributed by atoms with Gasteiger partial charge in [-0.1, -0.05) is 43.6 Å². The zero-order valence-corrected chi connectivity index (χ0v) is 28.8. The van der Waals surface area contributed by atoms with Crippen molar-refractivity contribution in [2.45, 2.75) is 33.2 Å². The minimum absolute atomic E-state index is 0.0715. The third kappa shape index (κ3) is 7.70. The minimum atomic E-state index is 0.0715. The molecule has 2 aliphatic heterocycles. The van der Waals surface area contributed by atoms with Crippen LogP contribution < -0.4 is 10.1 Å². The quantitative estimate of drug-likeness (QED) is 0.179. The summed E-state index contributed by atoms with van der Waals surface area (Å²) in [6.45, 7) is 12.7. The molecule has 1 aromatic heterocycles. The van der Waals surface area contributed by atoms with E-state index in [1.54, 1.807) is 7.11 Å². The first-order valence-corrected chi connectivity index (χ1v) is 17.3. The van der Waals surface area contributed by atoms with Crippen molar-refractivity contribution >= 4 is 34.9 Å². The molecule has 3 aromatic carbocycles. The van der Waals surface area contributed by atoms with Crippen LogP contribution in [0.5, 0.6) is 5.75 Å². The fourth-order valence-corrected chi connectivity index (χ4v) is 6.66. The maximum absolute atomic E-state index is 13.3. The summed E-state index contributed by atoms with van der Waals surface area (Å²) in [6.07, 6.45) is 4.19. The zero-order chi connectivity index (χ0) is 33.5. The molecule has 6 rings (SSSR count). The van der Waals surface area contributed by atoms with Crippen LogP contribution in [0.1, 0.15) is 53.7 Å². The molecule has 48 heavy (non-hydrogen) atoms. The number of ether oxygens (including phenoxy) is 1. The van der Waals surface area contributed by atoms with E-state index in [-0.39, 0.29) is 5.91 Å². The first kappa shape index (κ1) is 33.6. The van der Waals surface area contributed by atoms with Gasteiger partial charge in [-0.15, -0.1) is 0 Å². The van der Waals surface area contributed by atoms with E-state index in [0.29, 0.717) is 23.1 Å². The molecule has 1 fully saturated rings. The van der Waals surface area contributed by atoms with Gasteiger partial charge in [-0.2, -0.15) is 0 Å². The van der Waals surface area contributed by atoms with E-state index < -0.39 is 0 Å². The second-order valence-electron chi connectivity index (χ2n) is 12.3. The Balaban J connectivity index is 1.12. The predicted octanol–water partition coefficient (Wildman–Crippen LogP) is 6.78. The summed E-state index contributed by atoms with van der Waals surface area (Å²) < 4.78 is 5.66. The van der Waals surface area contributed by atoms with Gasteiger partial charge in [-0.05, 0) is 74.5 Å². The number of carbonyl (C=O) groups is 1. The Labute approximate surface area is 288 Å². The molecule has 0 unspecified atom stereocenters. The molecule has 1 saturated heterocycles. The highest BCUT2D eigenvalue weighted by Gasteiger charge is 2.24. The molecule has 4 aromatic rings. The van der Waals surface area contributed by atoms with E-state index >= 15 is 0 Å². The average molecular weight is 666 g/mol. The number of halogens is 1. The van der Waals surface area contributed by atoms with Crippen molar-refractivity contribution in [1.29, 1.82) is 0 Å². The molecule has 10 heteroatoms. The molecule has 0 saturated carbocycles. The number of benzene rings is 3. The number of fused-ring (bicyclic) bond motifs is 3. The lowest BCUT2D eigenvalue weighted by Crippen LogP contribution is -2.50. The van der Waals surface area contributed by atoms with E-state index in [2.05, 4.69) is 33.9 Å². The Morgan fingerprint density at radius 2 is 1.67 bits per heavy atom. The van der Waals surface area contributed by atoms with Gasteiger partial charge in [-0.25, -0.2) is 9.97 Å². The highest BCUT2D eigenvalue weighted by Crippen LogP contribution is 2.35. The zero-order valence-electron chi connectivity index (χ0n) is 28.1. The van der Waals surface area contributed by atoms with Crippen molar-refractivity contribution in [1.82, 2.24) is 24.7 Å². The van der Waals surface area contributed by atoms with Gasteiger partial charge < -0.3 is 19.9 Å². The number of rotatable bonds is 12. The van der Waals surface area contributed by atoms with Crippen LogP contribution in [0.4, 0.5) is 11.6 Å². The molecule has 1 N–H and O–H groups in total. The number of para-hydroxylation sites is 1. The van der Waals surface area contributed by atoms with E-state index in [4.69, 9.17) is 26.3 Å². The van der Waals surface area contributed by atoms with E-state index in [9.17, 15) is 4.79 Å². The number of hydrogen-bond acceptors (Lipinski definition) is 8. The second kappa shape index (κ2) is 15.7. The van der Waals surface area contributed by atoms with E-state index in [0.717, 1.165) is 97.5 Å². The van der Waals surface area contributed by atoms with Crippen LogP contribution in [0.15, 0.2) is 77.9 Å². The first-order valence-electron chi connectivity index (χ1n) is 16.9. The summed E-state index contributed by atoms with van der Waals surface area (Å²) in [5.74, 6) is 1.27. The van der Waals surface area contributed by atoms with Gasteiger partial charge in [0.05, 0.1) is 25.1 Å². The molecule has 1 amide bonds. The number of nitrogens with zero attached hydrogens (tertiary/aromatic N) is 6. The Kier molecular flexibility index (Phi) is 11.0. The van der Waals surface area contributed by atoms with Gasteiger partial charge in [0.15, 0.2) is 0 Å². The van der Waals surface area contributed by atoms with Crippen molar-refractivity contribution in [3.05, 3.63) is 100 Å². The van der Waals surface area contributed by atoms with Crippen molar-refractivity contribution in [3.8, 4) is 17.0 Å². The number of hydrogen-bond donors (Lipinski definition) is 1. The fraction of sp³-hybridized carbons (Fsp3) is 0.368. The maximum atomic E-state index is 13.3. The summed E-state index contributed by atoms with van der Waals surface area (Å²) >= 11 is 6.49. The van der Waals surface area contributed by atoms with Crippen LogP contribution in [0.3, 0.4) is 0 Å². The number of nitrogens with one attached hydrogen (secondary N) is 1. The summed E-state index contributed by atoms with van der Waals surface area (Å²) in [5.41, 5.74) is 6.68.